The molecular formula is C14H25N3. The number of piperazine rings is 1. The van der Waals surface area contributed by atoms with Crippen molar-refractivity contribution in [2.24, 2.45) is 0 Å². The highest BCUT2D eigenvalue weighted by atomic mass is 15.3. The van der Waals surface area contributed by atoms with Crippen LogP contribution in [0.15, 0.2) is 0 Å². The van der Waals surface area contributed by atoms with Crippen LogP contribution in [-0.2, 0) is 0 Å². The molecule has 3 heteroatoms. The molecule has 1 saturated heterocycles. The summed E-state index contributed by atoms with van der Waals surface area (Å²) in [6.07, 6.45) is 6.15. The first-order valence-electron chi connectivity index (χ1n) is 6.88. The lowest BCUT2D eigenvalue weighted by Gasteiger charge is -2.51. The van der Waals surface area contributed by atoms with E-state index in [0.717, 1.165) is 19.1 Å². The number of rotatable bonds is 2. The first-order valence-corrected chi connectivity index (χ1v) is 6.88. The topological polar surface area (TPSA) is 30.3 Å². The van der Waals surface area contributed by atoms with Gasteiger partial charge >= 0.3 is 0 Å². The van der Waals surface area contributed by atoms with E-state index in [1.54, 1.807) is 0 Å². The molecular weight excluding hydrogens is 210 g/mol. The summed E-state index contributed by atoms with van der Waals surface area (Å²) in [5.41, 5.74) is 0.197. The fourth-order valence-corrected chi connectivity index (χ4v) is 3.41. The molecule has 2 rings (SSSR count). The molecule has 17 heavy (non-hydrogen) atoms. The third kappa shape index (κ3) is 2.64. The molecule has 1 aliphatic heterocycles. The number of likely N-dealkylation sites (N-methyl/N-ethyl adjacent to an activating group) is 1. The second kappa shape index (κ2) is 4.96. The van der Waals surface area contributed by atoms with E-state index in [9.17, 15) is 0 Å². The van der Waals surface area contributed by atoms with Gasteiger partial charge in [0.15, 0.2) is 0 Å². The van der Waals surface area contributed by atoms with Gasteiger partial charge < -0.3 is 0 Å². The quantitative estimate of drug-likeness (QED) is 0.735. The van der Waals surface area contributed by atoms with Crippen molar-refractivity contribution in [1.82, 2.24) is 9.80 Å². The summed E-state index contributed by atoms with van der Waals surface area (Å²) >= 11 is 0. The lowest BCUT2D eigenvalue weighted by Crippen LogP contribution is -2.63. The average molecular weight is 235 g/mol. The van der Waals surface area contributed by atoms with Gasteiger partial charge in [0.2, 0.25) is 0 Å². The van der Waals surface area contributed by atoms with Crippen molar-refractivity contribution < 1.29 is 0 Å². The number of nitriles is 1. The molecule has 3 nitrogen and oxygen atoms in total. The van der Waals surface area contributed by atoms with Crippen LogP contribution in [0.4, 0.5) is 0 Å². The lowest BCUT2D eigenvalue weighted by atomic mass is 9.93. The first-order chi connectivity index (χ1) is 8.04. The summed E-state index contributed by atoms with van der Waals surface area (Å²) in [7, 11) is 2.17. The Morgan fingerprint density at radius 1 is 1.29 bits per heavy atom. The lowest BCUT2D eigenvalue weighted by molar-refractivity contribution is -0.0220. The normalized spacial score (nSPS) is 31.5. The Balaban J connectivity index is 2.07. The van der Waals surface area contributed by atoms with Gasteiger partial charge in [-0.05, 0) is 33.7 Å². The fraction of sp³-hybridized carbons (Fsp3) is 0.929. The van der Waals surface area contributed by atoms with Crippen molar-refractivity contribution in [2.45, 2.75) is 63.6 Å². The van der Waals surface area contributed by atoms with Gasteiger partial charge in [-0.1, -0.05) is 12.8 Å². The zero-order valence-electron chi connectivity index (χ0n) is 11.4. The Bertz CT molecular complexity index is 299. The second-order valence-electron chi connectivity index (χ2n) is 6.31. The van der Waals surface area contributed by atoms with E-state index >= 15 is 0 Å². The summed E-state index contributed by atoms with van der Waals surface area (Å²) in [6.45, 7) is 6.84. The molecule has 1 unspecified atom stereocenters. The zero-order valence-corrected chi connectivity index (χ0v) is 11.4. The van der Waals surface area contributed by atoms with E-state index in [2.05, 4.69) is 36.8 Å². The van der Waals surface area contributed by atoms with Crippen molar-refractivity contribution in [3.8, 4) is 6.07 Å². The van der Waals surface area contributed by atoms with Crippen molar-refractivity contribution in [1.29, 1.82) is 5.26 Å². The molecule has 0 bridgehead atoms. The van der Waals surface area contributed by atoms with Crippen LogP contribution in [-0.4, -0.2) is 47.6 Å². The van der Waals surface area contributed by atoms with E-state index in [4.69, 9.17) is 5.26 Å². The maximum atomic E-state index is 8.96. The van der Waals surface area contributed by atoms with Crippen LogP contribution in [0.25, 0.3) is 0 Å². The Morgan fingerprint density at radius 3 is 2.53 bits per heavy atom. The number of hydrogen-bond acceptors (Lipinski definition) is 3. The molecule has 96 valence electrons. The summed E-state index contributed by atoms with van der Waals surface area (Å²) in [5, 5.41) is 8.96. The molecule has 1 aliphatic carbocycles. The van der Waals surface area contributed by atoms with E-state index in [0.29, 0.717) is 12.5 Å². The van der Waals surface area contributed by atoms with Gasteiger partial charge in [-0.3, -0.25) is 9.80 Å². The molecule has 0 amide bonds. The van der Waals surface area contributed by atoms with Crippen LogP contribution < -0.4 is 0 Å². The predicted molar refractivity (Wildman–Crippen MR) is 69.7 cm³/mol. The minimum atomic E-state index is 0.197. The van der Waals surface area contributed by atoms with E-state index in [1.807, 2.05) is 0 Å². The van der Waals surface area contributed by atoms with E-state index < -0.39 is 0 Å². The highest BCUT2D eigenvalue weighted by molar-refractivity contribution is 4.99. The minimum absolute atomic E-state index is 0.197. The summed E-state index contributed by atoms with van der Waals surface area (Å²) in [4.78, 5) is 5.05. The van der Waals surface area contributed by atoms with Crippen LogP contribution in [0.1, 0.15) is 46.0 Å². The highest BCUT2D eigenvalue weighted by Gasteiger charge is 2.39. The van der Waals surface area contributed by atoms with Crippen LogP contribution in [0.3, 0.4) is 0 Å². The van der Waals surface area contributed by atoms with Gasteiger partial charge in [-0.15, -0.1) is 0 Å². The second-order valence-corrected chi connectivity index (χ2v) is 6.31. The van der Waals surface area contributed by atoms with Crippen LogP contribution in [0, 0.1) is 11.3 Å². The molecule has 0 spiro atoms. The first kappa shape index (κ1) is 12.9. The molecule has 1 saturated carbocycles. The van der Waals surface area contributed by atoms with Crippen LogP contribution in [0.2, 0.25) is 0 Å². The summed E-state index contributed by atoms with van der Waals surface area (Å²) in [5.74, 6) is 0. The van der Waals surface area contributed by atoms with Gasteiger partial charge in [-0.25, -0.2) is 0 Å². The van der Waals surface area contributed by atoms with Crippen molar-refractivity contribution >= 4 is 0 Å². The summed E-state index contributed by atoms with van der Waals surface area (Å²) in [6, 6.07) is 3.54. The molecule has 2 fully saturated rings. The summed E-state index contributed by atoms with van der Waals surface area (Å²) < 4.78 is 0. The molecule has 0 aromatic rings. The molecule has 0 N–H and O–H groups in total. The Morgan fingerprint density at radius 2 is 1.94 bits per heavy atom. The zero-order chi connectivity index (χ0) is 12.5. The maximum absolute atomic E-state index is 8.96. The van der Waals surface area contributed by atoms with Gasteiger partial charge in [0.1, 0.15) is 0 Å². The third-order valence-electron chi connectivity index (χ3n) is 4.71. The van der Waals surface area contributed by atoms with Crippen LogP contribution >= 0.6 is 0 Å². The predicted octanol–water partition coefficient (Wildman–Crippen LogP) is 2.24. The van der Waals surface area contributed by atoms with Crippen molar-refractivity contribution in [3.63, 3.8) is 0 Å². The largest absolute Gasteiger partial charge is 0.297 e. The Kier molecular flexibility index (Phi) is 3.75. The minimum Gasteiger partial charge on any atom is -0.297 e. The SMILES string of the molecule is CN1C(CC#N)CN(C2CCCC2)CC1(C)C. The van der Waals surface area contributed by atoms with E-state index in [1.165, 1.54) is 25.7 Å². The molecule has 1 atom stereocenters. The molecule has 2 aliphatic rings. The standard InChI is InChI=1S/C14H25N3/c1-14(2)11-17(12-6-4-5-7-12)10-13(8-9-15)16(14)3/h12-13H,4-8,10-11H2,1-3H3. The third-order valence-corrected chi connectivity index (χ3v) is 4.71. The van der Waals surface area contributed by atoms with Gasteiger partial charge in [0.05, 0.1) is 12.5 Å². The number of hydrogen-bond donors (Lipinski definition) is 0. The highest BCUT2D eigenvalue weighted by Crippen LogP contribution is 2.31. The van der Waals surface area contributed by atoms with E-state index in [-0.39, 0.29) is 5.54 Å². The smallest absolute Gasteiger partial charge is 0.0638 e. The Hall–Kier alpha value is -0.590. The van der Waals surface area contributed by atoms with Gasteiger partial charge in [0, 0.05) is 30.7 Å². The monoisotopic (exact) mass is 235 g/mol. The fourth-order valence-electron chi connectivity index (χ4n) is 3.41. The molecule has 0 aromatic carbocycles. The van der Waals surface area contributed by atoms with Crippen molar-refractivity contribution in [2.75, 3.05) is 20.1 Å². The molecule has 0 radical (unpaired) electrons. The van der Waals surface area contributed by atoms with Crippen molar-refractivity contribution in [3.05, 3.63) is 0 Å². The maximum Gasteiger partial charge on any atom is 0.0638 e. The molecule has 0 aromatic heterocycles. The number of nitrogens with zero attached hydrogens (tertiary/aromatic N) is 3. The van der Waals surface area contributed by atoms with Gasteiger partial charge in [-0.2, -0.15) is 5.26 Å². The Labute approximate surface area is 105 Å². The van der Waals surface area contributed by atoms with Crippen LogP contribution in [0.5, 0.6) is 0 Å². The molecule has 1 heterocycles. The van der Waals surface area contributed by atoms with Gasteiger partial charge in [0.25, 0.3) is 0 Å². The average Bonchev–Trinajstić information content (AvgIpc) is 2.78.